The molecular formula is C27H22ClN3O3S. The van der Waals surface area contributed by atoms with Gasteiger partial charge in [-0.1, -0.05) is 41.9 Å². The van der Waals surface area contributed by atoms with Gasteiger partial charge in [-0.05, 0) is 55.0 Å². The van der Waals surface area contributed by atoms with Crippen LogP contribution in [0.1, 0.15) is 17.5 Å². The molecule has 1 aliphatic rings. The first kappa shape index (κ1) is 23.1. The Kier molecular flexibility index (Phi) is 6.53. The molecule has 8 heteroatoms. The molecule has 6 nitrogen and oxygen atoms in total. The minimum Gasteiger partial charge on any atom is -0.479 e. The molecule has 1 aromatic heterocycles. The van der Waals surface area contributed by atoms with Gasteiger partial charge in [0, 0.05) is 28.1 Å². The SMILES string of the molecule is CC1Oc2ccc(-c3csc(Cc4ccccc4)n3)cc2N(CC(=O)Nc2ccc(Cl)cc2)C1=O. The topological polar surface area (TPSA) is 71.5 Å². The molecule has 0 radical (unpaired) electrons. The largest absolute Gasteiger partial charge is 0.479 e. The number of halogens is 1. The zero-order valence-electron chi connectivity index (χ0n) is 18.9. The van der Waals surface area contributed by atoms with Gasteiger partial charge < -0.3 is 10.1 Å². The molecular weight excluding hydrogens is 482 g/mol. The zero-order valence-corrected chi connectivity index (χ0v) is 20.5. The predicted molar refractivity (Wildman–Crippen MR) is 139 cm³/mol. The maximum atomic E-state index is 13.0. The normalized spacial score (nSPS) is 14.9. The summed E-state index contributed by atoms with van der Waals surface area (Å²) in [6.45, 7) is 1.54. The Morgan fingerprint density at radius 2 is 1.89 bits per heavy atom. The van der Waals surface area contributed by atoms with Gasteiger partial charge in [0.1, 0.15) is 12.3 Å². The molecule has 35 heavy (non-hydrogen) atoms. The summed E-state index contributed by atoms with van der Waals surface area (Å²) in [4.78, 5) is 32.0. The Bertz CT molecular complexity index is 1370. The van der Waals surface area contributed by atoms with E-state index in [1.807, 2.05) is 41.8 Å². The number of thiazole rings is 1. The Labute approximate surface area is 212 Å². The zero-order chi connectivity index (χ0) is 24.4. The molecule has 0 bridgehead atoms. The van der Waals surface area contributed by atoms with E-state index in [4.69, 9.17) is 21.3 Å². The molecule has 3 aromatic carbocycles. The van der Waals surface area contributed by atoms with Crippen molar-refractivity contribution in [3.05, 3.63) is 93.8 Å². The molecule has 1 aliphatic heterocycles. The lowest BCUT2D eigenvalue weighted by Crippen LogP contribution is -2.47. The summed E-state index contributed by atoms with van der Waals surface area (Å²) in [6.07, 6.45) is 0.0699. The van der Waals surface area contributed by atoms with Crippen molar-refractivity contribution in [2.45, 2.75) is 19.4 Å². The van der Waals surface area contributed by atoms with E-state index in [0.29, 0.717) is 22.1 Å². The smallest absolute Gasteiger partial charge is 0.268 e. The van der Waals surface area contributed by atoms with E-state index in [1.54, 1.807) is 42.5 Å². The monoisotopic (exact) mass is 503 g/mol. The maximum absolute atomic E-state index is 13.0. The number of hydrogen-bond acceptors (Lipinski definition) is 5. The third-order valence-corrected chi connectivity index (χ3v) is 6.74. The molecule has 1 atom stereocenters. The van der Waals surface area contributed by atoms with Crippen LogP contribution >= 0.6 is 22.9 Å². The van der Waals surface area contributed by atoms with Crippen LogP contribution in [-0.2, 0) is 16.0 Å². The Balaban J connectivity index is 1.38. The first-order valence-electron chi connectivity index (χ1n) is 11.1. The Morgan fingerprint density at radius 3 is 2.66 bits per heavy atom. The average molecular weight is 504 g/mol. The second-order valence-corrected chi connectivity index (χ2v) is 9.59. The van der Waals surface area contributed by atoms with Gasteiger partial charge in [0.15, 0.2) is 6.10 Å². The third-order valence-electron chi connectivity index (χ3n) is 5.64. The summed E-state index contributed by atoms with van der Waals surface area (Å²) in [5.41, 5.74) is 4.03. The van der Waals surface area contributed by atoms with Crippen LogP contribution in [0.4, 0.5) is 11.4 Å². The maximum Gasteiger partial charge on any atom is 0.268 e. The number of carbonyl (C=O) groups excluding carboxylic acids is 2. The fourth-order valence-corrected chi connectivity index (χ4v) is 4.87. The standard InChI is InChI=1S/C27H22ClN3O3S/c1-17-27(33)31(15-25(32)29-21-10-8-20(28)9-11-21)23-14-19(7-12-24(23)34-17)22-16-35-26(30-22)13-18-5-3-2-4-6-18/h2-12,14,16-17H,13,15H2,1H3,(H,29,32). The van der Waals surface area contributed by atoms with E-state index in [9.17, 15) is 9.59 Å². The fraction of sp³-hybridized carbons (Fsp3) is 0.148. The minimum atomic E-state index is -0.687. The van der Waals surface area contributed by atoms with Crippen molar-refractivity contribution in [1.82, 2.24) is 4.98 Å². The molecule has 2 heterocycles. The molecule has 0 saturated carbocycles. The van der Waals surface area contributed by atoms with Crippen molar-refractivity contribution in [3.8, 4) is 17.0 Å². The fourth-order valence-electron chi connectivity index (χ4n) is 3.90. The number of anilines is 2. The van der Waals surface area contributed by atoms with E-state index in [1.165, 1.54) is 10.5 Å². The molecule has 1 unspecified atom stereocenters. The molecule has 176 valence electrons. The highest BCUT2D eigenvalue weighted by Gasteiger charge is 2.33. The van der Waals surface area contributed by atoms with Crippen LogP contribution in [0, 0.1) is 0 Å². The van der Waals surface area contributed by atoms with Crippen LogP contribution in [0.25, 0.3) is 11.3 Å². The summed E-state index contributed by atoms with van der Waals surface area (Å²) in [5, 5.41) is 6.40. The molecule has 2 amide bonds. The third kappa shape index (κ3) is 5.21. The number of nitrogens with one attached hydrogen (secondary N) is 1. The summed E-state index contributed by atoms with van der Waals surface area (Å²) in [5.74, 6) is -0.0336. The average Bonchev–Trinajstić information content (AvgIpc) is 3.32. The number of rotatable bonds is 6. The number of ether oxygens (including phenoxy) is 1. The number of hydrogen-bond donors (Lipinski definition) is 1. The van der Waals surface area contributed by atoms with Gasteiger partial charge in [-0.3, -0.25) is 14.5 Å². The number of carbonyl (C=O) groups is 2. The highest BCUT2D eigenvalue weighted by molar-refractivity contribution is 7.10. The number of nitrogens with zero attached hydrogens (tertiary/aromatic N) is 2. The van der Waals surface area contributed by atoms with Gasteiger partial charge in [0.2, 0.25) is 5.91 Å². The van der Waals surface area contributed by atoms with Crippen LogP contribution in [0.15, 0.2) is 78.2 Å². The van der Waals surface area contributed by atoms with Crippen molar-refractivity contribution in [2.75, 3.05) is 16.8 Å². The number of aromatic nitrogens is 1. The highest BCUT2D eigenvalue weighted by atomic mass is 35.5. The minimum absolute atomic E-state index is 0.137. The lowest BCUT2D eigenvalue weighted by molar-refractivity contribution is -0.127. The summed E-state index contributed by atoms with van der Waals surface area (Å²) in [6, 6.07) is 22.6. The van der Waals surface area contributed by atoms with E-state index in [-0.39, 0.29) is 18.4 Å². The quantitative estimate of drug-likeness (QED) is 0.360. The van der Waals surface area contributed by atoms with Crippen molar-refractivity contribution in [1.29, 1.82) is 0 Å². The van der Waals surface area contributed by atoms with Crippen molar-refractivity contribution < 1.29 is 14.3 Å². The lowest BCUT2D eigenvalue weighted by atomic mass is 10.1. The lowest BCUT2D eigenvalue weighted by Gasteiger charge is -2.32. The van der Waals surface area contributed by atoms with Gasteiger partial charge in [-0.2, -0.15) is 0 Å². The van der Waals surface area contributed by atoms with Crippen molar-refractivity contribution >= 4 is 46.1 Å². The molecule has 5 rings (SSSR count). The van der Waals surface area contributed by atoms with Gasteiger partial charge in [0.05, 0.1) is 16.4 Å². The van der Waals surface area contributed by atoms with Crippen LogP contribution in [0.3, 0.4) is 0 Å². The molecule has 0 spiro atoms. The number of fused-ring (bicyclic) bond motifs is 1. The molecule has 0 saturated heterocycles. The van der Waals surface area contributed by atoms with Crippen LogP contribution in [0.2, 0.25) is 5.02 Å². The van der Waals surface area contributed by atoms with Crippen molar-refractivity contribution in [2.24, 2.45) is 0 Å². The van der Waals surface area contributed by atoms with Crippen LogP contribution in [-0.4, -0.2) is 29.4 Å². The van der Waals surface area contributed by atoms with Gasteiger partial charge >= 0.3 is 0 Å². The van der Waals surface area contributed by atoms with E-state index >= 15 is 0 Å². The first-order chi connectivity index (χ1) is 17.0. The second kappa shape index (κ2) is 9.90. The summed E-state index contributed by atoms with van der Waals surface area (Å²) < 4.78 is 5.81. The molecule has 1 N–H and O–H groups in total. The second-order valence-electron chi connectivity index (χ2n) is 8.21. The molecule has 0 aliphatic carbocycles. The molecule has 0 fully saturated rings. The number of amides is 2. The number of benzene rings is 3. The van der Waals surface area contributed by atoms with Gasteiger partial charge in [0.25, 0.3) is 5.91 Å². The van der Waals surface area contributed by atoms with E-state index in [0.717, 1.165) is 22.7 Å². The van der Waals surface area contributed by atoms with Crippen molar-refractivity contribution in [3.63, 3.8) is 0 Å². The van der Waals surface area contributed by atoms with Crippen LogP contribution < -0.4 is 15.0 Å². The Hall–Kier alpha value is -3.68. The van der Waals surface area contributed by atoms with E-state index < -0.39 is 6.10 Å². The summed E-state index contributed by atoms with van der Waals surface area (Å²) >= 11 is 7.51. The first-order valence-corrected chi connectivity index (χ1v) is 12.4. The predicted octanol–water partition coefficient (Wildman–Crippen LogP) is 5.81. The molecule has 4 aromatic rings. The Morgan fingerprint density at radius 1 is 1.11 bits per heavy atom. The van der Waals surface area contributed by atoms with Gasteiger partial charge in [-0.15, -0.1) is 11.3 Å². The van der Waals surface area contributed by atoms with E-state index in [2.05, 4.69) is 17.4 Å². The van der Waals surface area contributed by atoms with Crippen LogP contribution in [0.5, 0.6) is 5.75 Å². The van der Waals surface area contributed by atoms with Gasteiger partial charge in [-0.25, -0.2) is 4.98 Å². The summed E-state index contributed by atoms with van der Waals surface area (Å²) in [7, 11) is 0. The highest BCUT2D eigenvalue weighted by Crippen LogP contribution is 2.38.